The highest BCUT2D eigenvalue weighted by molar-refractivity contribution is 6.32. The highest BCUT2D eigenvalue weighted by Crippen LogP contribution is 2.30. The fraction of sp³-hybridized carbons (Fsp3) is 0. The SMILES string of the molecule is Nc1c(Cl)ncnc1Nc1c(F)c(F)cc(F)c1F. The lowest BCUT2D eigenvalue weighted by Crippen LogP contribution is -2.06. The lowest BCUT2D eigenvalue weighted by molar-refractivity contribution is 0.459. The van der Waals surface area contributed by atoms with Crippen molar-refractivity contribution < 1.29 is 17.6 Å². The smallest absolute Gasteiger partial charge is 0.185 e. The number of nitrogen functional groups attached to an aromatic ring is 1. The van der Waals surface area contributed by atoms with Gasteiger partial charge >= 0.3 is 0 Å². The van der Waals surface area contributed by atoms with E-state index in [2.05, 4.69) is 9.97 Å². The molecule has 9 heteroatoms. The summed E-state index contributed by atoms with van der Waals surface area (Å²) in [6.45, 7) is 0. The zero-order chi connectivity index (χ0) is 14.2. The van der Waals surface area contributed by atoms with Crippen molar-refractivity contribution in [2.24, 2.45) is 0 Å². The van der Waals surface area contributed by atoms with E-state index < -0.39 is 29.0 Å². The molecule has 0 unspecified atom stereocenters. The van der Waals surface area contributed by atoms with Gasteiger partial charge in [0.25, 0.3) is 0 Å². The van der Waals surface area contributed by atoms with Crippen molar-refractivity contribution in [2.45, 2.75) is 0 Å². The molecule has 0 aliphatic heterocycles. The summed E-state index contributed by atoms with van der Waals surface area (Å²) >= 11 is 5.57. The van der Waals surface area contributed by atoms with Crippen LogP contribution in [0.2, 0.25) is 5.15 Å². The fourth-order valence-corrected chi connectivity index (χ4v) is 1.41. The first-order valence-electron chi connectivity index (χ1n) is 4.77. The zero-order valence-electron chi connectivity index (χ0n) is 9.02. The highest BCUT2D eigenvalue weighted by atomic mass is 35.5. The normalized spacial score (nSPS) is 10.6. The predicted molar refractivity (Wildman–Crippen MR) is 61.0 cm³/mol. The Morgan fingerprint density at radius 3 is 2.21 bits per heavy atom. The lowest BCUT2D eigenvalue weighted by atomic mass is 10.2. The maximum absolute atomic E-state index is 13.4. The summed E-state index contributed by atoms with van der Waals surface area (Å²) in [5.41, 5.74) is 4.18. The summed E-state index contributed by atoms with van der Waals surface area (Å²) in [5, 5.41) is 1.87. The molecular formula is C10H5ClF4N4. The van der Waals surface area contributed by atoms with Crippen molar-refractivity contribution in [2.75, 3.05) is 11.1 Å². The Morgan fingerprint density at radius 1 is 1.05 bits per heavy atom. The van der Waals surface area contributed by atoms with Crippen LogP contribution in [0.4, 0.5) is 34.8 Å². The van der Waals surface area contributed by atoms with Crippen molar-refractivity contribution >= 4 is 28.8 Å². The Kier molecular flexibility index (Phi) is 3.43. The highest BCUT2D eigenvalue weighted by Gasteiger charge is 2.20. The van der Waals surface area contributed by atoms with Crippen LogP contribution in [0, 0.1) is 23.3 Å². The average Bonchev–Trinajstić information content (AvgIpc) is 2.37. The van der Waals surface area contributed by atoms with Crippen LogP contribution in [-0.4, -0.2) is 9.97 Å². The molecule has 2 rings (SSSR count). The van der Waals surface area contributed by atoms with Gasteiger partial charge in [-0.25, -0.2) is 27.5 Å². The number of anilines is 3. The molecule has 0 aliphatic rings. The Bertz CT molecular complexity index is 624. The number of halogens is 5. The third-order valence-electron chi connectivity index (χ3n) is 2.19. The minimum absolute atomic E-state index is 0.0894. The van der Waals surface area contributed by atoms with Crippen molar-refractivity contribution in [3.63, 3.8) is 0 Å². The molecule has 4 nitrogen and oxygen atoms in total. The van der Waals surface area contributed by atoms with Crippen LogP contribution in [0.1, 0.15) is 0 Å². The number of rotatable bonds is 2. The van der Waals surface area contributed by atoms with Crippen LogP contribution in [0.15, 0.2) is 12.4 Å². The molecule has 1 aromatic carbocycles. The molecule has 19 heavy (non-hydrogen) atoms. The van der Waals surface area contributed by atoms with E-state index in [4.69, 9.17) is 17.3 Å². The Morgan fingerprint density at radius 2 is 1.63 bits per heavy atom. The second kappa shape index (κ2) is 4.88. The number of nitrogens with one attached hydrogen (secondary N) is 1. The third kappa shape index (κ3) is 2.39. The van der Waals surface area contributed by atoms with E-state index in [1.54, 1.807) is 0 Å². The van der Waals surface area contributed by atoms with Crippen LogP contribution in [0.5, 0.6) is 0 Å². The van der Waals surface area contributed by atoms with Gasteiger partial charge in [0.2, 0.25) is 0 Å². The first kappa shape index (κ1) is 13.3. The van der Waals surface area contributed by atoms with Crippen molar-refractivity contribution in [1.29, 1.82) is 0 Å². The molecule has 0 amide bonds. The summed E-state index contributed by atoms with van der Waals surface area (Å²) in [4.78, 5) is 7.08. The number of aromatic nitrogens is 2. The molecule has 0 saturated carbocycles. The van der Waals surface area contributed by atoms with E-state index in [1.165, 1.54) is 0 Å². The molecule has 1 heterocycles. The van der Waals surface area contributed by atoms with Gasteiger partial charge in [-0.15, -0.1) is 0 Å². The first-order chi connectivity index (χ1) is 8.91. The monoisotopic (exact) mass is 292 g/mol. The number of hydrogen-bond acceptors (Lipinski definition) is 4. The largest absolute Gasteiger partial charge is 0.393 e. The number of nitrogens with two attached hydrogens (primary N) is 1. The minimum Gasteiger partial charge on any atom is -0.393 e. The van der Waals surface area contributed by atoms with Gasteiger partial charge in [0.15, 0.2) is 34.2 Å². The molecule has 0 atom stereocenters. The van der Waals surface area contributed by atoms with Gasteiger partial charge in [-0.1, -0.05) is 11.6 Å². The van der Waals surface area contributed by atoms with Gasteiger partial charge in [0.1, 0.15) is 17.7 Å². The van der Waals surface area contributed by atoms with E-state index in [1.807, 2.05) is 5.32 Å². The number of hydrogen-bond donors (Lipinski definition) is 2. The zero-order valence-corrected chi connectivity index (χ0v) is 9.77. The summed E-state index contributed by atoms with van der Waals surface area (Å²) < 4.78 is 52.8. The Labute approximate surface area is 109 Å². The maximum atomic E-state index is 13.4. The average molecular weight is 293 g/mol. The molecule has 0 radical (unpaired) electrons. The molecule has 1 aromatic heterocycles. The van der Waals surface area contributed by atoms with E-state index in [0.717, 1.165) is 6.33 Å². The Hall–Kier alpha value is -2.09. The quantitative estimate of drug-likeness (QED) is 0.507. The predicted octanol–water partition coefficient (Wildman–Crippen LogP) is 3.01. The molecule has 0 aliphatic carbocycles. The number of nitrogens with zero attached hydrogens (tertiary/aromatic N) is 2. The van der Waals surface area contributed by atoms with Crippen LogP contribution in [0.3, 0.4) is 0 Å². The van der Waals surface area contributed by atoms with E-state index >= 15 is 0 Å². The number of benzene rings is 1. The van der Waals surface area contributed by atoms with Crippen molar-refractivity contribution in [3.8, 4) is 0 Å². The van der Waals surface area contributed by atoms with E-state index in [0.29, 0.717) is 0 Å². The lowest BCUT2D eigenvalue weighted by Gasteiger charge is -2.11. The molecule has 0 saturated heterocycles. The standard InChI is InChI=1S/C10H5ClF4N4/c11-9-7(16)10(18-2-17-9)19-8-5(14)3(12)1-4(13)6(8)15/h1-2H,16H2,(H,17,18,19). The summed E-state index contributed by atoms with van der Waals surface area (Å²) in [6, 6.07) is 0.0894. The molecule has 3 N–H and O–H groups in total. The minimum atomic E-state index is -1.60. The third-order valence-corrected chi connectivity index (χ3v) is 2.49. The molecule has 0 bridgehead atoms. The van der Waals surface area contributed by atoms with Crippen LogP contribution < -0.4 is 11.1 Å². The van der Waals surface area contributed by atoms with Gasteiger partial charge in [-0.05, 0) is 0 Å². The fourth-order valence-electron chi connectivity index (χ4n) is 1.27. The van der Waals surface area contributed by atoms with E-state index in [-0.39, 0.29) is 22.7 Å². The molecule has 100 valence electrons. The second-order valence-corrected chi connectivity index (χ2v) is 3.75. The van der Waals surface area contributed by atoms with Crippen molar-refractivity contribution in [1.82, 2.24) is 9.97 Å². The summed E-state index contributed by atoms with van der Waals surface area (Å²) in [6.07, 6.45) is 0.965. The molecule has 0 spiro atoms. The van der Waals surface area contributed by atoms with Gasteiger partial charge in [-0.3, -0.25) is 0 Å². The first-order valence-corrected chi connectivity index (χ1v) is 5.15. The van der Waals surface area contributed by atoms with Crippen LogP contribution in [-0.2, 0) is 0 Å². The van der Waals surface area contributed by atoms with Gasteiger partial charge in [0, 0.05) is 6.07 Å². The molecule has 0 fully saturated rings. The van der Waals surface area contributed by atoms with Crippen molar-refractivity contribution in [3.05, 3.63) is 40.8 Å². The Balaban J connectivity index is 2.52. The molecule has 2 aromatic rings. The van der Waals surface area contributed by atoms with Gasteiger partial charge < -0.3 is 11.1 Å². The summed E-state index contributed by atoms with van der Waals surface area (Å²) in [7, 11) is 0. The maximum Gasteiger partial charge on any atom is 0.185 e. The van der Waals surface area contributed by atoms with Crippen LogP contribution in [0.25, 0.3) is 0 Å². The van der Waals surface area contributed by atoms with E-state index in [9.17, 15) is 17.6 Å². The topological polar surface area (TPSA) is 63.8 Å². The van der Waals surface area contributed by atoms with Crippen LogP contribution >= 0.6 is 11.6 Å². The van der Waals surface area contributed by atoms with Gasteiger partial charge in [0.05, 0.1) is 0 Å². The second-order valence-electron chi connectivity index (χ2n) is 3.39. The molecular weight excluding hydrogens is 288 g/mol. The summed E-state index contributed by atoms with van der Waals surface area (Å²) in [5.74, 6) is -6.59. The van der Waals surface area contributed by atoms with Gasteiger partial charge in [-0.2, -0.15) is 0 Å².